The smallest absolute Gasteiger partial charge is 0.00990 e. The van der Waals surface area contributed by atoms with Crippen molar-refractivity contribution in [3.8, 4) is 0 Å². The molecule has 204 valence electrons. The van der Waals surface area contributed by atoms with Gasteiger partial charge in [0.25, 0.3) is 0 Å². The largest absolute Gasteiger partial charge is 0.0654 e. The minimum Gasteiger partial charge on any atom is -0.0654 e. The zero-order chi connectivity index (χ0) is 26.4. The Morgan fingerprint density at radius 2 is 0.684 bits per heavy atom. The van der Waals surface area contributed by atoms with E-state index in [-0.39, 0.29) is 0 Å². The average molecular weight is 509 g/mol. The summed E-state index contributed by atoms with van der Waals surface area (Å²) in [5, 5.41) is 8.36. The summed E-state index contributed by atoms with van der Waals surface area (Å²) in [6, 6.07) is 23.8. The van der Waals surface area contributed by atoms with Gasteiger partial charge in [0.15, 0.2) is 0 Å². The molecule has 0 bridgehead atoms. The topological polar surface area (TPSA) is 0 Å². The summed E-state index contributed by atoms with van der Waals surface area (Å²) in [6.45, 7) is 4.59. The molecule has 4 rings (SSSR count). The van der Waals surface area contributed by atoms with Crippen LogP contribution in [0.3, 0.4) is 0 Å². The van der Waals surface area contributed by atoms with Crippen LogP contribution in [-0.2, 0) is 12.8 Å². The number of hydrogen-bond acceptors (Lipinski definition) is 0. The third kappa shape index (κ3) is 8.33. The molecule has 0 spiro atoms. The maximum atomic E-state index is 2.44. The molecule has 0 atom stereocenters. The van der Waals surface area contributed by atoms with E-state index in [0.717, 1.165) is 0 Å². The van der Waals surface area contributed by atoms with Crippen molar-refractivity contribution < 1.29 is 0 Å². The second-order valence-corrected chi connectivity index (χ2v) is 11.8. The molecule has 0 N–H and O–H groups in total. The first-order valence-corrected chi connectivity index (χ1v) is 16.2. The lowest BCUT2D eigenvalue weighted by Crippen LogP contribution is -1.89. The van der Waals surface area contributed by atoms with Crippen LogP contribution in [0.1, 0.15) is 128 Å². The van der Waals surface area contributed by atoms with Crippen LogP contribution in [0.25, 0.3) is 32.3 Å². The van der Waals surface area contributed by atoms with Gasteiger partial charge in [-0.15, -0.1) is 0 Å². The molecule has 0 heterocycles. The van der Waals surface area contributed by atoms with Crippen molar-refractivity contribution in [2.24, 2.45) is 0 Å². The highest BCUT2D eigenvalue weighted by Gasteiger charge is 2.07. The van der Waals surface area contributed by atoms with E-state index in [2.05, 4.69) is 74.5 Å². The summed E-state index contributed by atoms with van der Waals surface area (Å²) in [7, 11) is 0. The van der Waals surface area contributed by atoms with Crippen LogP contribution < -0.4 is 0 Å². The van der Waals surface area contributed by atoms with Gasteiger partial charge in [-0.05, 0) is 69.1 Å². The maximum Gasteiger partial charge on any atom is -0.00990 e. The summed E-state index contributed by atoms with van der Waals surface area (Å²) < 4.78 is 0. The number of aryl methyl sites for hydroxylation is 2. The summed E-state index contributed by atoms with van der Waals surface area (Å²) in [5.41, 5.74) is 2.99. The number of hydrogen-bond donors (Lipinski definition) is 0. The fourth-order valence-corrected chi connectivity index (χ4v) is 6.22. The van der Waals surface area contributed by atoms with Gasteiger partial charge in [0.2, 0.25) is 0 Å². The van der Waals surface area contributed by atoms with Gasteiger partial charge in [0.05, 0.1) is 0 Å². The summed E-state index contributed by atoms with van der Waals surface area (Å²) >= 11 is 0. The monoisotopic (exact) mass is 508 g/mol. The summed E-state index contributed by atoms with van der Waals surface area (Å²) in [6.07, 6.45) is 24.6. The van der Waals surface area contributed by atoms with E-state index in [0.29, 0.717) is 0 Å². The third-order valence-electron chi connectivity index (χ3n) is 8.60. The molecule has 4 aromatic rings. The Labute approximate surface area is 233 Å². The Bertz CT molecular complexity index is 1150. The minimum absolute atomic E-state index is 1.21. The molecule has 0 nitrogen and oxygen atoms in total. The van der Waals surface area contributed by atoms with E-state index in [4.69, 9.17) is 0 Å². The molecule has 0 radical (unpaired) electrons. The first-order chi connectivity index (χ1) is 18.8. The van der Waals surface area contributed by atoms with Crippen LogP contribution in [-0.4, -0.2) is 0 Å². The standard InChI is InChI=1S/C38H52/c1-3-5-7-9-11-13-15-17-19-31-21-25-35-33(29-31)23-27-38-36-26-22-32(30-34(36)24-28-37(35)38)20-18-16-14-12-10-8-6-4-2/h21-30H,3-20H2,1-2H3. The van der Waals surface area contributed by atoms with Gasteiger partial charge in [-0.1, -0.05) is 164 Å². The Balaban J connectivity index is 1.33. The highest BCUT2D eigenvalue weighted by Crippen LogP contribution is 2.32. The molecule has 38 heavy (non-hydrogen) atoms. The van der Waals surface area contributed by atoms with E-state index < -0.39 is 0 Å². The van der Waals surface area contributed by atoms with Crippen molar-refractivity contribution in [2.75, 3.05) is 0 Å². The Morgan fingerprint density at radius 3 is 1.08 bits per heavy atom. The number of unbranched alkanes of at least 4 members (excludes halogenated alkanes) is 14. The lowest BCUT2D eigenvalue weighted by molar-refractivity contribution is 0.575. The molecule has 0 amide bonds. The third-order valence-corrected chi connectivity index (χ3v) is 8.60. The molecular weight excluding hydrogens is 456 g/mol. The van der Waals surface area contributed by atoms with E-state index in [1.807, 2.05) is 0 Å². The molecule has 0 fully saturated rings. The van der Waals surface area contributed by atoms with E-state index >= 15 is 0 Å². The molecule has 4 aromatic carbocycles. The lowest BCUT2D eigenvalue weighted by Gasteiger charge is -2.11. The molecule has 0 aliphatic rings. The molecule has 0 heteroatoms. The quantitative estimate of drug-likeness (QED) is 0.0925. The maximum absolute atomic E-state index is 2.44. The van der Waals surface area contributed by atoms with Gasteiger partial charge in [-0.25, -0.2) is 0 Å². The molecule has 0 aliphatic carbocycles. The summed E-state index contributed by atoms with van der Waals surface area (Å²) in [5.74, 6) is 0. The second-order valence-electron chi connectivity index (χ2n) is 11.8. The van der Waals surface area contributed by atoms with Crippen LogP contribution in [0.5, 0.6) is 0 Å². The van der Waals surface area contributed by atoms with Crippen molar-refractivity contribution in [1.82, 2.24) is 0 Å². The molecule has 0 aromatic heterocycles. The van der Waals surface area contributed by atoms with Gasteiger partial charge in [0.1, 0.15) is 0 Å². The number of rotatable bonds is 18. The van der Waals surface area contributed by atoms with Crippen molar-refractivity contribution in [3.05, 3.63) is 71.8 Å². The van der Waals surface area contributed by atoms with Crippen LogP contribution in [0.15, 0.2) is 60.7 Å². The molecular formula is C38H52. The highest BCUT2D eigenvalue weighted by atomic mass is 14.1. The van der Waals surface area contributed by atoms with Crippen LogP contribution in [0, 0.1) is 0 Å². The van der Waals surface area contributed by atoms with Crippen molar-refractivity contribution >= 4 is 32.3 Å². The van der Waals surface area contributed by atoms with E-state index in [1.54, 1.807) is 0 Å². The van der Waals surface area contributed by atoms with Crippen molar-refractivity contribution in [2.45, 2.75) is 129 Å². The first kappa shape index (κ1) is 28.7. The van der Waals surface area contributed by atoms with Gasteiger partial charge in [0, 0.05) is 0 Å². The molecule has 0 unspecified atom stereocenters. The zero-order valence-corrected chi connectivity index (χ0v) is 24.5. The normalized spacial score (nSPS) is 11.7. The predicted molar refractivity (Wildman–Crippen MR) is 172 cm³/mol. The Kier molecular flexibility index (Phi) is 12.0. The average Bonchev–Trinajstić information content (AvgIpc) is 2.95. The van der Waals surface area contributed by atoms with Crippen LogP contribution in [0.4, 0.5) is 0 Å². The first-order valence-electron chi connectivity index (χ1n) is 16.2. The van der Waals surface area contributed by atoms with E-state index in [1.165, 1.54) is 159 Å². The number of benzene rings is 4. The van der Waals surface area contributed by atoms with Gasteiger partial charge in [-0.2, -0.15) is 0 Å². The van der Waals surface area contributed by atoms with Gasteiger partial charge < -0.3 is 0 Å². The fourth-order valence-electron chi connectivity index (χ4n) is 6.22. The lowest BCUT2D eigenvalue weighted by atomic mass is 9.94. The van der Waals surface area contributed by atoms with Gasteiger partial charge in [-0.3, -0.25) is 0 Å². The van der Waals surface area contributed by atoms with Gasteiger partial charge >= 0.3 is 0 Å². The SMILES string of the molecule is CCCCCCCCCCc1ccc2c(ccc3c4ccc(CCCCCCCCCC)cc4ccc23)c1. The molecule has 0 saturated carbocycles. The molecule has 0 saturated heterocycles. The molecule has 0 aliphatic heterocycles. The number of fused-ring (bicyclic) bond motifs is 5. The minimum atomic E-state index is 1.21. The van der Waals surface area contributed by atoms with Crippen molar-refractivity contribution in [3.63, 3.8) is 0 Å². The fraction of sp³-hybridized carbons (Fsp3) is 0.526. The predicted octanol–water partition coefficient (Wildman–Crippen LogP) is 12.5. The summed E-state index contributed by atoms with van der Waals surface area (Å²) in [4.78, 5) is 0. The van der Waals surface area contributed by atoms with Crippen molar-refractivity contribution in [1.29, 1.82) is 0 Å². The van der Waals surface area contributed by atoms with E-state index in [9.17, 15) is 0 Å². The Morgan fingerprint density at radius 1 is 0.342 bits per heavy atom. The second kappa shape index (κ2) is 15.9. The van der Waals surface area contributed by atoms with Crippen LogP contribution >= 0.6 is 0 Å². The Hall–Kier alpha value is -2.34. The zero-order valence-electron chi connectivity index (χ0n) is 24.5. The van der Waals surface area contributed by atoms with Crippen LogP contribution in [0.2, 0.25) is 0 Å². The highest BCUT2D eigenvalue weighted by molar-refractivity contribution is 6.17.